The lowest BCUT2D eigenvalue weighted by Crippen LogP contribution is -2.30. The molecule has 1 aromatic carbocycles. The molecule has 4 nitrogen and oxygen atoms in total. The predicted octanol–water partition coefficient (Wildman–Crippen LogP) is 2.51. The summed E-state index contributed by atoms with van der Waals surface area (Å²) in [6.45, 7) is 2.06. The molecule has 5 heteroatoms. The van der Waals surface area contributed by atoms with Crippen LogP contribution in [0.4, 0.5) is 0 Å². The number of benzene rings is 1. The Kier molecular flexibility index (Phi) is 6.76. The topological polar surface area (TPSA) is 50.7 Å². The van der Waals surface area contributed by atoms with Crippen LogP contribution in [0.25, 0.3) is 0 Å². The van der Waals surface area contributed by atoms with E-state index in [-0.39, 0.29) is 18.9 Å². The Labute approximate surface area is 125 Å². The van der Waals surface area contributed by atoms with E-state index >= 15 is 0 Å². The molecule has 0 saturated carbocycles. The smallest absolute Gasteiger partial charge is 0.157 e. The van der Waals surface area contributed by atoms with Gasteiger partial charge in [-0.3, -0.25) is 0 Å². The molecule has 1 aliphatic heterocycles. The Morgan fingerprint density at radius 3 is 3.05 bits per heavy atom. The van der Waals surface area contributed by atoms with E-state index in [1.165, 1.54) is 6.42 Å². The summed E-state index contributed by atoms with van der Waals surface area (Å²) >= 11 is 5.96. The maximum absolute atomic E-state index is 9.45. The fourth-order valence-corrected chi connectivity index (χ4v) is 2.48. The van der Waals surface area contributed by atoms with Gasteiger partial charge < -0.3 is 19.9 Å². The zero-order valence-electron chi connectivity index (χ0n) is 11.6. The fourth-order valence-electron chi connectivity index (χ4n) is 2.28. The van der Waals surface area contributed by atoms with Crippen LogP contribution in [0.3, 0.4) is 0 Å². The van der Waals surface area contributed by atoms with Crippen LogP contribution in [0.2, 0.25) is 5.02 Å². The van der Waals surface area contributed by atoms with Crippen molar-refractivity contribution < 1.29 is 14.6 Å². The summed E-state index contributed by atoms with van der Waals surface area (Å²) in [7, 11) is 0. The van der Waals surface area contributed by atoms with Crippen LogP contribution in [0.5, 0.6) is 0 Å². The summed E-state index contributed by atoms with van der Waals surface area (Å²) in [5, 5.41) is 13.4. The molecule has 1 aliphatic rings. The van der Waals surface area contributed by atoms with Crippen molar-refractivity contribution in [3.8, 4) is 0 Å². The molecule has 1 fully saturated rings. The predicted molar refractivity (Wildman–Crippen MR) is 78.8 cm³/mol. The normalized spacial score (nSPS) is 20.8. The Morgan fingerprint density at radius 2 is 2.35 bits per heavy atom. The zero-order valence-corrected chi connectivity index (χ0v) is 12.3. The molecule has 0 radical (unpaired) electrons. The highest BCUT2D eigenvalue weighted by molar-refractivity contribution is 6.30. The number of aliphatic hydroxyl groups is 1. The number of rotatable bonds is 7. The molecule has 1 heterocycles. The molecule has 0 amide bonds. The van der Waals surface area contributed by atoms with Crippen molar-refractivity contribution in [3.63, 3.8) is 0 Å². The van der Waals surface area contributed by atoms with Gasteiger partial charge in [-0.25, -0.2) is 0 Å². The van der Waals surface area contributed by atoms with Gasteiger partial charge in [0.15, 0.2) is 6.29 Å². The Balaban J connectivity index is 1.71. The third-order valence-corrected chi connectivity index (χ3v) is 3.60. The first-order chi connectivity index (χ1) is 9.79. The van der Waals surface area contributed by atoms with Crippen molar-refractivity contribution in [1.82, 2.24) is 5.32 Å². The lowest BCUT2D eigenvalue weighted by atomic mass is 10.1. The molecule has 0 unspecified atom stereocenters. The van der Waals surface area contributed by atoms with Crippen LogP contribution >= 0.6 is 11.6 Å². The number of nitrogens with one attached hydrogen (secondary N) is 1. The summed E-state index contributed by atoms with van der Waals surface area (Å²) < 4.78 is 11.1. The second kappa shape index (κ2) is 8.60. The van der Waals surface area contributed by atoms with E-state index in [9.17, 15) is 5.11 Å². The fraction of sp³-hybridized carbons (Fsp3) is 0.600. The van der Waals surface area contributed by atoms with Crippen molar-refractivity contribution >= 4 is 11.6 Å². The van der Waals surface area contributed by atoms with E-state index in [0.717, 1.165) is 25.0 Å². The van der Waals surface area contributed by atoms with Gasteiger partial charge in [-0.1, -0.05) is 23.7 Å². The molecule has 112 valence electrons. The quantitative estimate of drug-likeness (QED) is 0.760. The average Bonchev–Trinajstić information content (AvgIpc) is 2.48. The molecule has 0 aromatic heterocycles. The molecular weight excluding hydrogens is 278 g/mol. The van der Waals surface area contributed by atoms with Crippen molar-refractivity contribution in [2.45, 2.75) is 31.6 Å². The summed E-state index contributed by atoms with van der Waals surface area (Å²) in [4.78, 5) is 0. The first-order valence-corrected chi connectivity index (χ1v) is 7.50. The summed E-state index contributed by atoms with van der Waals surface area (Å²) in [6.07, 6.45) is 3.20. The first kappa shape index (κ1) is 15.7. The molecule has 0 spiro atoms. The largest absolute Gasteiger partial charge is 0.394 e. The molecule has 0 aliphatic carbocycles. The van der Waals surface area contributed by atoms with Crippen molar-refractivity contribution in [2.24, 2.45) is 0 Å². The van der Waals surface area contributed by atoms with Gasteiger partial charge in [-0.2, -0.15) is 0 Å². The van der Waals surface area contributed by atoms with Gasteiger partial charge in [-0.05, 0) is 37.0 Å². The Morgan fingerprint density at radius 1 is 1.45 bits per heavy atom. The summed E-state index contributed by atoms with van der Waals surface area (Å²) in [6, 6.07) is 7.40. The standard InChI is InChI=1S/C15H22ClNO3/c16-13-5-3-4-12(10-13)14(11-18)17-7-9-20-15-6-1-2-8-19-15/h3-5,10,14-15,17-18H,1-2,6-9,11H2/t14-,15-/m1/s1. The van der Waals surface area contributed by atoms with Crippen LogP contribution in [0.1, 0.15) is 30.9 Å². The van der Waals surface area contributed by atoms with Gasteiger partial charge in [0.2, 0.25) is 0 Å². The third kappa shape index (κ3) is 5.04. The van der Waals surface area contributed by atoms with E-state index in [1.54, 1.807) is 0 Å². The molecule has 2 rings (SSSR count). The second-order valence-corrected chi connectivity index (χ2v) is 5.35. The Hall–Kier alpha value is -0.650. The molecular formula is C15H22ClNO3. The highest BCUT2D eigenvalue weighted by Gasteiger charge is 2.14. The van der Waals surface area contributed by atoms with E-state index in [4.69, 9.17) is 21.1 Å². The van der Waals surface area contributed by atoms with Gasteiger partial charge in [0.05, 0.1) is 19.3 Å². The van der Waals surface area contributed by atoms with Crippen LogP contribution in [-0.4, -0.2) is 37.8 Å². The molecule has 2 N–H and O–H groups in total. The van der Waals surface area contributed by atoms with Crippen molar-refractivity contribution in [2.75, 3.05) is 26.4 Å². The zero-order chi connectivity index (χ0) is 14.2. The van der Waals surface area contributed by atoms with Gasteiger partial charge in [0.25, 0.3) is 0 Å². The van der Waals surface area contributed by atoms with Crippen LogP contribution in [0, 0.1) is 0 Å². The molecule has 20 heavy (non-hydrogen) atoms. The van der Waals surface area contributed by atoms with Gasteiger partial charge in [0, 0.05) is 18.2 Å². The van der Waals surface area contributed by atoms with Gasteiger partial charge >= 0.3 is 0 Å². The van der Waals surface area contributed by atoms with Gasteiger partial charge in [0.1, 0.15) is 0 Å². The molecule has 2 atom stereocenters. The average molecular weight is 300 g/mol. The van der Waals surface area contributed by atoms with E-state index < -0.39 is 0 Å². The molecule has 1 saturated heterocycles. The number of hydrogen-bond acceptors (Lipinski definition) is 4. The van der Waals surface area contributed by atoms with E-state index in [2.05, 4.69) is 5.32 Å². The monoisotopic (exact) mass is 299 g/mol. The minimum atomic E-state index is -0.121. The number of ether oxygens (including phenoxy) is 2. The van der Waals surface area contributed by atoms with Gasteiger partial charge in [-0.15, -0.1) is 0 Å². The SMILES string of the molecule is OC[C@@H](NCCO[C@@H]1CCCCO1)c1cccc(Cl)c1. The Bertz CT molecular complexity index is 396. The lowest BCUT2D eigenvalue weighted by molar-refractivity contribution is -0.161. The summed E-state index contributed by atoms with van der Waals surface area (Å²) in [5.41, 5.74) is 0.980. The van der Waals surface area contributed by atoms with E-state index in [1.807, 2.05) is 24.3 Å². The number of hydrogen-bond donors (Lipinski definition) is 2. The first-order valence-electron chi connectivity index (χ1n) is 7.12. The minimum absolute atomic E-state index is 0.0280. The van der Waals surface area contributed by atoms with Crippen LogP contribution < -0.4 is 5.32 Å². The molecule has 0 bridgehead atoms. The third-order valence-electron chi connectivity index (χ3n) is 3.37. The second-order valence-electron chi connectivity index (χ2n) is 4.91. The highest BCUT2D eigenvalue weighted by atomic mass is 35.5. The molecule has 1 aromatic rings. The number of aliphatic hydroxyl groups excluding tert-OH is 1. The maximum atomic E-state index is 9.45. The highest BCUT2D eigenvalue weighted by Crippen LogP contribution is 2.17. The van der Waals surface area contributed by atoms with Crippen molar-refractivity contribution in [3.05, 3.63) is 34.9 Å². The maximum Gasteiger partial charge on any atom is 0.157 e. The van der Waals surface area contributed by atoms with Crippen molar-refractivity contribution in [1.29, 1.82) is 0 Å². The van der Waals surface area contributed by atoms with Crippen LogP contribution in [-0.2, 0) is 9.47 Å². The lowest BCUT2D eigenvalue weighted by Gasteiger charge is -2.23. The minimum Gasteiger partial charge on any atom is -0.394 e. The summed E-state index contributed by atoms with van der Waals surface area (Å²) in [5.74, 6) is 0. The van der Waals surface area contributed by atoms with E-state index in [0.29, 0.717) is 18.2 Å². The van der Waals surface area contributed by atoms with Crippen LogP contribution in [0.15, 0.2) is 24.3 Å². The number of halogens is 1.